The Morgan fingerprint density at radius 1 is 1.14 bits per heavy atom. The minimum atomic E-state index is -0.981. The molecule has 22 heavy (non-hydrogen) atoms. The minimum Gasteiger partial charge on any atom is -0.489 e. The van der Waals surface area contributed by atoms with Crippen LogP contribution in [0, 0.1) is 0 Å². The molecule has 0 unspecified atom stereocenters. The van der Waals surface area contributed by atoms with Gasteiger partial charge in [0.05, 0.1) is 6.42 Å². The van der Waals surface area contributed by atoms with E-state index in [4.69, 9.17) is 9.84 Å². The number of hydrogen-bond donors (Lipinski definition) is 1. The first-order chi connectivity index (χ1) is 10.5. The first-order valence-corrected chi connectivity index (χ1v) is 7.49. The van der Waals surface area contributed by atoms with Crippen molar-refractivity contribution in [2.24, 2.45) is 0 Å². The summed E-state index contributed by atoms with van der Waals surface area (Å²) < 4.78 is 6.21. The third-order valence-corrected chi connectivity index (χ3v) is 4.05. The van der Waals surface area contributed by atoms with Gasteiger partial charge in [-0.1, -0.05) is 30.3 Å². The van der Waals surface area contributed by atoms with E-state index in [2.05, 4.69) is 15.9 Å². The van der Waals surface area contributed by atoms with Crippen LogP contribution in [0.2, 0.25) is 0 Å². The molecule has 4 nitrogen and oxygen atoms in total. The second-order valence-corrected chi connectivity index (χ2v) is 5.60. The number of hydrogen-bond acceptors (Lipinski definition) is 3. The molecule has 0 aliphatic heterocycles. The van der Waals surface area contributed by atoms with Gasteiger partial charge in [-0.15, -0.1) is 0 Å². The maximum Gasteiger partial charge on any atom is 0.308 e. The largest absolute Gasteiger partial charge is 0.489 e. The zero-order valence-corrected chi connectivity index (χ0v) is 13.6. The molecule has 0 bridgehead atoms. The Morgan fingerprint density at radius 2 is 1.82 bits per heavy atom. The highest BCUT2D eigenvalue weighted by atomic mass is 79.9. The maximum atomic E-state index is 11.6. The normalized spacial score (nSPS) is 10.3. The molecule has 0 heterocycles. The van der Waals surface area contributed by atoms with Crippen molar-refractivity contribution in [3.8, 4) is 5.75 Å². The van der Waals surface area contributed by atoms with Gasteiger partial charge in [-0.25, -0.2) is 0 Å². The molecule has 0 aliphatic rings. The highest BCUT2D eigenvalue weighted by Crippen LogP contribution is 2.32. The maximum absolute atomic E-state index is 11.6. The van der Waals surface area contributed by atoms with E-state index >= 15 is 0 Å². The van der Waals surface area contributed by atoms with Crippen LogP contribution in [0.3, 0.4) is 0 Å². The summed E-state index contributed by atoms with van der Waals surface area (Å²) in [5, 5.41) is 9.07. The van der Waals surface area contributed by atoms with Crippen LogP contribution < -0.4 is 4.74 Å². The van der Waals surface area contributed by atoms with Crippen molar-refractivity contribution in [2.45, 2.75) is 20.0 Å². The molecular formula is C17H15BrO4. The number of benzene rings is 2. The number of halogens is 1. The third-order valence-electron chi connectivity index (χ3n) is 3.14. The van der Waals surface area contributed by atoms with Crippen molar-refractivity contribution in [1.82, 2.24) is 0 Å². The quantitative estimate of drug-likeness (QED) is 0.792. The molecule has 0 aliphatic carbocycles. The van der Waals surface area contributed by atoms with Crippen molar-refractivity contribution in [3.05, 3.63) is 63.6 Å². The molecule has 0 radical (unpaired) electrons. The topological polar surface area (TPSA) is 63.6 Å². The summed E-state index contributed by atoms with van der Waals surface area (Å²) in [5.41, 5.74) is 1.90. The van der Waals surface area contributed by atoms with Crippen LogP contribution in [0.15, 0.2) is 46.9 Å². The molecule has 0 fully saturated rings. The number of ketones is 1. The van der Waals surface area contributed by atoms with Crippen LogP contribution >= 0.6 is 15.9 Å². The fourth-order valence-electron chi connectivity index (χ4n) is 2.06. The van der Waals surface area contributed by atoms with Gasteiger partial charge in [-0.3, -0.25) is 9.59 Å². The second kappa shape index (κ2) is 7.22. The first-order valence-electron chi connectivity index (χ1n) is 6.70. The Kier molecular flexibility index (Phi) is 5.33. The lowest BCUT2D eigenvalue weighted by Gasteiger charge is -2.14. The Morgan fingerprint density at radius 3 is 2.41 bits per heavy atom. The van der Waals surface area contributed by atoms with Gasteiger partial charge in [-0.05, 0) is 40.5 Å². The van der Waals surface area contributed by atoms with Gasteiger partial charge in [0, 0.05) is 15.6 Å². The lowest BCUT2D eigenvalue weighted by atomic mass is 10.0. The Balaban J connectivity index is 2.31. The highest BCUT2D eigenvalue weighted by molar-refractivity contribution is 9.10. The zero-order valence-electron chi connectivity index (χ0n) is 12.0. The number of carbonyl (C=O) groups excluding carboxylic acids is 1. The summed E-state index contributed by atoms with van der Waals surface area (Å²) in [7, 11) is 0. The lowest BCUT2D eigenvalue weighted by molar-refractivity contribution is -0.136. The van der Waals surface area contributed by atoms with Crippen molar-refractivity contribution >= 4 is 27.7 Å². The number of ether oxygens (including phenoxy) is 1. The molecule has 0 saturated carbocycles. The average molecular weight is 363 g/mol. The van der Waals surface area contributed by atoms with Crippen LogP contribution in [-0.2, 0) is 17.8 Å². The van der Waals surface area contributed by atoms with Gasteiger partial charge in [0.2, 0.25) is 0 Å². The minimum absolute atomic E-state index is 0.131. The molecule has 0 amide bonds. The zero-order chi connectivity index (χ0) is 16.1. The van der Waals surface area contributed by atoms with Crippen LogP contribution in [0.25, 0.3) is 0 Å². The SMILES string of the molecule is CC(=O)c1ccc(OCc2ccccc2)c(CC(=O)O)c1Br. The summed E-state index contributed by atoms with van der Waals surface area (Å²) in [6, 6.07) is 12.9. The van der Waals surface area contributed by atoms with Crippen molar-refractivity contribution in [3.63, 3.8) is 0 Å². The van der Waals surface area contributed by atoms with Gasteiger partial charge in [0.25, 0.3) is 0 Å². The van der Waals surface area contributed by atoms with E-state index in [9.17, 15) is 9.59 Å². The summed E-state index contributed by atoms with van der Waals surface area (Å²) in [6.07, 6.45) is -0.216. The predicted molar refractivity (Wildman–Crippen MR) is 86.3 cm³/mol. The Bertz CT molecular complexity index is 695. The fourth-order valence-corrected chi connectivity index (χ4v) is 2.81. The molecule has 2 aromatic rings. The molecule has 5 heteroatoms. The number of aliphatic carboxylic acids is 1. The molecule has 0 aromatic heterocycles. The monoisotopic (exact) mass is 362 g/mol. The van der Waals surface area contributed by atoms with Crippen molar-refractivity contribution < 1.29 is 19.4 Å². The molecule has 2 rings (SSSR count). The van der Waals surface area contributed by atoms with Gasteiger partial charge in [0.15, 0.2) is 5.78 Å². The summed E-state index contributed by atoms with van der Waals surface area (Å²) in [6.45, 7) is 1.77. The van der Waals surface area contributed by atoms with E-state index in [0.29, 0.717) is 28.0 Å². The molecular weight excluding hydrogens is 348 g/mol. The number of rotatable bonds is 6. The van der Waals surface area contributed by atoms with Crippen molar-refractivity contribution in [2.75, 3.05) is 0 Å². The highest BCUT2D eigenvalue weighted by Gasteiger charge is 2.17. The standard InChI is InChI=1S/C17H15BrO4/c1-11(19)13-7-8-15(14(17(13)18)9-16(20)21)22-10-12-5-3-2-4-6-12/h2-8H,9-10H2,1H3,(H,20,21). The van der Waals surface area contributed by atoms with E-state index in [0.717, 1.165) is 5.56 Å². The summed E-state index contributed by atoms with van der Waals surface area (Å²) in [5.74, 6) is -0.651. The Hall–Kier alpha value is -2.14. The predicted octanol–water partition coefficient (Wildman–Crippen LogP) is 3.86. The summed E-state index contributed by atoms with van der Waals surface area (Å²) >= 11 is 3.32. The Labute approximate surface area is 136 Å². The van der Waals surface area contributed by atoms with Gasteiger partial charge in [-0.2, -0.15) is 0 Å². The molecule has 114 valence electrons. The third kappa shape index (κ3) is 3.95. The second-order valence-electron chi connectivity index (χ2n) is 4.80. The van der Waals surface area contributed by atoms with Gasteiger partial charge >= 0.3 is 5.97 Å². The molecule has 0 saturated heterocycles. The lowest BCUT2D eigenvalue weighted by Crippen LogP contribution is -2.07. The van der Waals surface area contributed by atoms with Crippen LogP contribution in [0.5, 0.6) is 5.75 Å². The molecule has 0 atom stereocenters. The van der Waals surface area contributed by atoms with E-state index in [1.165, 1.54) is 6.92 Å². The first kappa shape index (κ1) is 16.2. The van der Waals surface area contributed by atoms with Crippen molar-refractivity contribution in [1.29, 1.82) is 0 Å². The smallest absolute Gasteiger partial charge is 0.308 e. The molecule has 2 aromatic carbocycles. The van der Waals surface area contributed by atoms with E-state index < -0.39 is 5.97 Å². The van der Waals surface area contributed by atoms with E-state index in [1.54, 1.807) is 12.1 Å². The number of carbonyl (C=O) groups is 2. The average Bonchev–Trinajstić information content (AvgIpc) is 2.48. The number of carboxylic acid groups (broad SMARTS) is 1. The molecule has 1 N–H and O–H groups in total. The van der Waals surface area contributed by atoms with Gasteiger partial charge < -0.3 is 9.84 Å². The number of Topliss-reactive ketones (excluding diaryl/α,β-unsaturated/α-hetero) is 1. The fraction of sp³-hybridized carbons (Fsp3) is 0.176. The van der Waals surface area contributed by atoms with Crippen LogP contribution in [-0.4, -0.2) is 16.9 Å². The number of carboxylic acids is 1. The van der Waals surface area contributed by atoms with E-state index in [-0.39, 0.29) is 12.2 Å². The molecule has 0 spiro atoms. The summed E-state index contributed by atoms with van der Waals surface area (Å²) in [4.78, 5) is 22.6. The van der Waals surface area contributed by atoms with Crippen LogP contribution in [0.4, 0.5) is 0 Å². The van der Waals surface area contributed by atoms with Gasteiger partial charge in [0.1, 0.15) is 12.4 Å². The van der Waals surface area contributed by atoms with Crippen LogP contribution in [0.1, 0.15) is 28.4 Å². The van der Waals surface area contributed by atoms with E-state index in [1.807, 2.05) is 30.3 Å².